The van der Waals surface area contributed by atoms with Crippen LogP contribution in [0.3, 0.4) is 0 Å². The fourth-order valence-corrected chi connectivity index (χ4v) is 5.66. The third kappa shape index (κ3) is 5.05. The number of nitrogens with zero attached hydrogens (tertiary/aromatic N) is 2. The van der Waals surface area contributed by atoms with Crippen molar-refractivity contribution in [2.45, 2.75) is 43.5 Å². The Balaban J connectivity index is 1.77. The first-order valence-electron chi connectivity index (χ1n) is 9.99. The van der Waals surface area contributed by atoms with E-state index in [-0.39, 0.29) is 23.2 Å². The average Bonchev–Trinajstić information content (AvgIpc) is 3.13. The molecule has 2 unspecified atom stereocenters. The average molecular weight is 390 g/mol. The molecule has 1 heterocycles. The smallest absolute Gasteiger partial charge is 0.255 e. The Hall–Kier alpha value is -1.53. The van der Waals surface area contributed by atoms with E-state index in [0.717, 1.165) is 19.4 Å². The maximum atomic E-state index is 13.3. The highest BCUT2D eigenvalue weighted by atomic mass is 32.2. The highest BCUT2D eigenvalue weighted by molar-refractivity contribution is 8.00. The van der Waals surface area contributed by atoms with E-state index in [1.807, 2.05) is 54.2 Å². The molecular weight excluding hydrogens is 358 g/mol. The minimum Gasteiger partial charge on any atom is -0.353 e. The monoisotopic (exact) mass is 389 g/mol. The normalized spacial score (nSPS) is 23.6. The minimum absolute atomic E-state index is 0.0102. The van der Waals surface area contributed by atoms with Crippen molar-refractivity contribution in [1.82, 2.24) is 15.1 Å². The van der Waals surface area contributed by atoms with E-state index >= 15 is 0 Å². The van der Waals surface area contributed by atoms with Gasteiger partial charge in [0.25, 0.3) is 5.91 Å². The van der Waals surface area contributed by atoms with E-state index in [0.29, 0.717) is 23.8 Å². The fraction of sp³-hybridized carbons (Fsp3) is 0.619. The summed E-state index contributed by atoms with van der Waals surface area (Å²) < 4.78 is 0. The summed E-state index contributed by atoms with van der Waals surface area (Å²) >= 11 is 1.79. The lowest BCUT2D eigenvalue weighted by atomic mass is 9.88. The molecule has 148 valence electrons. The number of hydrogen-bond acceptors (Lipinski definition) is 4. The van der Waals surface area contributed by atoms with Crippen LogP contribution in [0.25, 0.3) is 0 Å². The van der Waals surface area contributed by atoms with Crippen molar-refractivity contribution < 1.29 is 9.59 Å². The summed E-state index contributed by atoms with van der Waals surface area (Å²) in [6, 6.07) is 9.02. The molecule has 1 aromatic carbocycles. The topological polar surface area (TPSA) is 52.7 Å². The number of carbonyl (C=O) groups excluding carboxylic acids is 2. The van der Waals surface area contributed by atoms with Crippen molar-refractivity contribution >= 4 is 23.6 Å². The van der Waals surface area contributed by atoms with Crippen LogP contribution in [0.1, 0.15) is 42.5 Å². The SMILES string of the molecule is CN(C)CCNC(=O)C1CSC(C2CCCCC2)N1C(=O)c1ccccc1. The van der Waals surface area contributed by atoms with Crippen LogP contribution in [0.4, 0.5) is 0 Å². The number of rotatable bonds is 6. The molecule has 1 N–H and O–H groups in total. The van der Waals surface area contributed by atoms with Crippen LogP contribution in [0.15, 0.2) is 30.3 Å². The second kappa shape index (κ2) is 9.60. The van der Waals surface area contributed by atoms with Crippen LogP contribution in [-0.4, -0.2) is 66.0 Å². The standard InChI is InChI=1S/C21H31N3O2S/c1-23(2)14-13-22-19(25)18-15-27-21(17-11-7-4-8-12-17)24(18)20(26)16-9-5-3-6-10-16/h3,5-6,9-10,17-18,21H,4,7-8,11-15H2,1-2H3,(H,22,25). The molecule has 6 heteroatoms. The van der Waals surface area contributed by atoms with Crippen molar-refractivity contribution in [3.05, 3.63) is 35.9 Å². The number of hydrogen-bond donors (Lipinski definition) is 1. The highest BCUT2D eigenvalue weighted by Gasteiger charge is 2.44. The lowest BCUT2D eigenvalue weighted by Gasteiger charge is -2.35. The molecule has 3 rings (SSSR count). The Bertz CT molecular complexity index is 632. The first-order chi connectivity index (χ1) is 13.1. The predicted octanol–water partition coefficient (Wildman–Crippen LogP) is 2.83. The molecule has 0 spiro atoms. The van der Waals surface area contributed by atoms with E-state index in [1.165, 1.54) is 19.3 Å². The van der Waals surface area contributed by atoms with Crippen molar-refractivity contribution in [3.8, 4) is 0 Å². The van der Waals surface area contributed by atoms with E-state index in [1.54, 1.807) is 11.8 Å². The molecule has 1 saturated carbocycles. The van der Waals surface area contributed by atoms with Crippen LogP contribution in [-0.2, 0) is 4.79 Å². The zero-order valence-corrected chi connectivity index (χ0v) is 17.2. The van der Waals surface area contributed by atoms with Gasteiger partial charge < -0.3 is 15.1 Å². The van der Waals surface area contributed by atoms with Gasteiger partial charge in [-0.3, -0.25) is 9.59 Å². The molecule has 0 radical (unpaired) electrons. The second-order valence-electron chi connectivity index (χ2n) is 7.81. The Kier molecular flexibility index (Phi) is 7.19. The van der Waals surface area contributed by atoms with E-state index in [2.05, 4.69) is 5.32 Å². The molecule has 1 aromatic rings. The lowest BCUT2D eigenvalue weighted by molar-refractivity contribution is -0.125. The van der Waals surface area contributed by atoms with Crippen LogP contribution < -0.4 is 5.32 Å². The van der Waals surface area contributed by atoms with Gasteiger partial charge in [0.1, 0.15) is 6.04 Å². The first-order valence-corrected chi connectivity index (χ1v) is 11.0. The van der Waals surface area contributed by atoms with E-state index < -0.39 is 0 Å². The molecule has 0 aromatic heterocycles. The third-order valence-electron chi connectivity index (χ3n) is 5.50. The first kappa shape index (κ1) is 20.2. The number of thioether (sulfide) groups is 1. The van der Waals surface area contributed by atoms with Crippen molar-refractivity contribution in [3.63, 3.8) is 0 Å². The molecule has 27 heavy (non-hydrogen) atoms. The summed E-state index contributed by atoms with van der Waals surface area (Å²) in [4.78, 5) is 30.1. The van der Waals surface area contributed by atoms with Gasteiger partial charge in [0.05, 0.1) is 5.37 Å². The number of amides is 2. The summed E-state index contributed by atoms with van der Waals surface area (Å²) in [6.07, 6.45) is 6.06. The van der Waals surface area contributed by atoms with Gasteiger partial charge >= 0.3 is 0 Å². The van der Waals surface area contributed by atoms with Crippen molar-refractivity contribution in [2.75, 3.05) is 32.9 Å². The number of benzene rings is 1. The molecular formula is C21H31N3O2S. The lowest BCUT2D eigenvalue weighted by Crippen LogP contribution is -2.52. The number of likely N-dealkylation sites (N-methyl/N-ethyl adjacent to an activating group) is 1. The maximum absolute atomic E-state index is 13.3. The summed E-state index contributed by atoms with van der Waals surface area (Å²) in [7, 11) is 3.98. The molecule has 1 aliphatic heterocycles. The molecule has 2 atom stereocenters. The summed E-state index contributed by atoms with van der Waals surface area (Å²) in [5, 5.41) is 3.14. The van der Waals surface area contributed by atoms with Crippen LogP contribution in [0, 0.1) is 5.92 Å². The Morgan fingerprint density at radius 3 is 2.52 bits per heavy atom. The van der Waals surface area contributed by atoms with Crippen LogP contribution in [0.5, 0.6) is 0 Å². The van der Waals surface area contributed by atoms with Crippen LogP contribution >= 0.6 is 11.8 Å². The minimum atomic E-state index is -0.378. The summed E-state index contributed by atoms with van der Waals surface area (Å²) in [6.45, 7) is 1.40. The fourth-order valence-electron chi connectivity index (χ4n) is 4.02. The largest absolute Gasteiger partial charge is 0.353 e. The highest BCUT2D eigenvalue weighted by Crippen LogP contribution is 2.41. The molecule has 5 nitrogen and oxygen atoms in total. The molecule has 2 amide bonds. The van der Waals surface area contributed by atoms with Gasteiger partial charge in [-0.05, 0) is 45.0 Å². The Labute approximate surface area is 166 Å². The summed E-state index contributed by atoms with van der Waals surface area (Å²) in [5.41, 5.74) is 0.673. The second-order valence-corrected chi connectivity index (χ2v) is 8.96. The Morgan fingerprint density at radius 1 is 1.15 bits per heavy atom. The molecule has 2 fully saturated rings. The van der Waals surface area contributed by atoms with Gasteiger partial charge in [0.2, 0.25) is 5.91 Å². The molecule has 1 saturated heterocycles. The van der Waals surface area contributed by atoms with Gasteiger partial charge in [-0.1, -0.05) is 37.5 Å². The molecule has 2 aliphatic rings. The number of carbonyl (C=O) groups is 2. The van der Waals surface area contributed by atoms with Gasteiger partial charge in [0.15, 0.2) is 0 Å². The van der Waals surface area contributed by atoms with Gasteiger partial charge in [-0.2, -0.15) is 0 Å². The van der Waals surface area contributed by atoms with Gasteiger partial charge in [0, 0.05) is 24.4 Å². The summed E-state index contributed by atoms with van der Waals surface area (Å²) in [5.74, 6) is 1.15. The zero-order chi connectivity index (χ0) is 19.2. The van der Waals surface area contributed by atoms with E-state index in [4.69, 9.17) is 0 Å². The quantitative estimate of drug-likeness (QED) is 0.813. The van der Waals surface area contributed by atoms with Crippen molar-refractivity contribution in [1.29, 1.82) is 0 Å². The van der Waals surface area contributed by atoms with Gasteiger partial charge in [-0.15, -0.1) is 11.8 Å². The van der Waals surface area contributed by atoms with E-state index in [9.17, 15) is 9.59 Å². The molecule has 1 aliphatic carbocycles. The van der Waals surface area contributed by atoms with Gasteiger partial charge in [-0.25, -0.2) is 0 Å². The molecule has 0 bridgehead atoms. The predicted molar refractivity (Wildman–Crippen MR) is 111 cm³/mol. The zero-order valence-electron chi connectivity index (χ0n) is 16.4. The number of nitrogens with one attached hydrogen (secondary N) is 1. The third-order valence-corrected chi connectivity index (χ3v) is 6.97. The maximum Gasteiger partial charge on any atom is 0.255 e. The Morgan fingerprint density at radius 2 is 1.85 bits per heavy atom. The van der Waals surface area contributed by atoms with Crippen molar-refractivity contribution in [2.24, 2.45) is 5.92 Å². The van der Waals surface area contributed by atoms with Crippen LogP contribution in [0.2, 0.25) is 0 Å².